The third-order valence-corrected chi connectivity index (χ3v) is 4.63. The Morgan fingerprint density at radius 2 is 1.76 bits per heavy atom. The molecule has 0 aliphatic carbocycles. The van der Waals surface area contributed by atoms with Gasteiger partial charge in [-0.3, -0.25) is 4.79 Å². The van der Waals surface area contributed by atoms with Crippen molar-refractivity contribution in [3.8, 4) is 0 Å². The molecule has 2 aromatic heterocycles. The molecular weight excluding hydrogens is 378 g/mol. The Morgan fingerprint density at radius 1 is 0.931 bits per heavy atom. The molecule has 3 heterocycles. The molecule has 1 amide bonds. The molecule has 3 aromatic rings. The maximum atomic E-state index is 13.9. The second-order valence-corrected chi connectivity index (χ2v) is 6.50. The third kappa shape index (κ3) is 4.29. The molecule has 0 spiro atoms. The molecule has 0 atom stereocenters. The van der Waals surface area contributed by atoms with Gasteiger partial charge in [-0.2, -0.15) is 0 Å². The van der Waals surface area contributed by atoms with Crippen LogP contribution in [0.4, 0.5) is 26.2 Å². The van der Waals surface area contributed by atoms with Crippen LogP contribution in [0, 0.1) is 11.6 Å². The number of hydrogen-bond acceptors (Lipinski definition) is 6. The second kappa shape index (κ2) is 8.17. The molecule has 1 aliphatic rings. The lowest BCUT2D eigenvalue weighted by Gasteiger charge is -2.35. The number of hydrogen-bond donors (Lipinski definition) is 1. The molecule has 1 saturated heterocycles. The van der Waals surface area contributed by atoms with Crippen molar-refractivity contribution in [3.05, 3.63) is 72.2 Å². The number of rotatable bonds is 4. The highest BCUT2D eigenvalue weighted by atomic mass is 19.1. The standard InChI is InChI=1S/C20H18F2N6O/c21-14-4-5-15(16(22)11-14)20(29)28-9-7-27(8-10-28)19-12-18(24-13-25-19)26-17-3-1-2-6-23-17/h1-6,11-13H,7-10H2,(H,23,24,25,26). The largest absolute Gasteiger partial charge is 0.353 e. The van der Waals surface area contributed by atoms with E-state index in [1.54, 1.807) is 11.1 Å². The molecule has 1 fully saturated rings. The van der Waals surface area contributed by atoms with Gasteiger partial charge in [-0.1, -0.05) is 6.07 Å². The van der Waals surface area contributed by atoms with Gasteiger partial charge >= 0.3 is 0 Å². The van der Waals surface area contributed by atoms with Crippen molar-refractivity contribution in [1.29, 1.82) is 0 Å². The summed E-state index contributed by atoms with van der Waals surface area (Å²) in [6.45, 7) is 1.88. The van der Waals surface area contributed by atoms with Crippen molar-refractivity contribution >= 4 is 23.4 Å². The first-order valence-corrected chi connectivity index (χ1v) is 9.09. The van der Waals surface area contributed by atoms with Crippen LogP contribution in [0.25, 0.3) is 0 Å². The van der Waals surface area contributed by atoms with Gasteiger partial charge in [-0.25, -0.2) is 23.7 Å². The number of pyridine rings is 1. The van der Waals surface area contributed by atoms with Gasteiger partial charge in [0.25, 0.3) is 5.91 Å². The van der Waals surface area contributed by atoms with Gasteiger partial charge < -0.3 is 15.1 Å². The second-order valence-electron chi connectivity index (χ2n) is 6.50. The molecule has 0 unspecified atom stereocenters. The molecule has 148 valence electrons. The van der Waals surface area contributed by atoms with E-state index in [9.17, 15) is 13.6 Å². The van der Waals surface area contributed by atoms with Crippen molar-refractivity contribution in [2.75, 3.05) is 36.4 Å². The van der Waals surface area contributed by atoms with Gasteiger partial charge in [0.1, 0.15) is 35.4 Å². The van der Waals surface area contributed by atoms with E-state index in [0.717, 1.165) is 18.0 Å². The van der Waals surface area contributed by atoms with Crippen molar-refractivity contribution in [1.82, 2.24) is 19.9 Å². The number of piperazine rings is 1. The summed E-state index contributed by atoms with van der Waals surface area (Å²) in [6, 6.07) is 10.3. The molecular formula is C20H18F2N6O. The van der Waals surface area contributed by atoms with Crippen LogP contribution in [-0.4, -0.2) is 51.9 Å². The molecule has 29 heavy (non-hydrogen) atoms. The number of nitrogens with zero attached hydrogens (tertiary/aromatic N) is 5. The van der Waals surface area contributed by atoms with Gasteiger partial charge in [-0.15, -0.1) is 0 Å². The number of nitrogens with one attached hydrogen (secondary N) is 1. The lowest BCUT2D eigenvalue weighted by Crippen LogP contribution is -2.49. The molecule has 0 saturated carbocycles. The molecule has 1 N–H and O–H groups in total. The maximum Gasteiger partial charge on any atom is 0.256 e. The summed E-state index contributed by atoms with van der Waals surface area (Å²) in [5.41, 5.74) is -0.122. The number of aromatic nitrogens is 3. The Labute approximate surface area is 166 Å². The lowest BCUT2D eigenvalue weighted by molar-refractivity contribution is 0.0741. The van der Waals surface area contributed by atoms with Gasteiger partial charge in [0, 0.05) is 44.5 Å². The highest BCUT2D eigenvalue weighted by Gasteiger charge is 2.25. The van der Waals surface area contributed by atoms with Gasteiger partial charge in [0.15, 0.2) is 0 Å². The van der Waals surface area contributed by atoms with Crippen molar-refractivity contribution < 1.29 is 13.6 Å². The summed E-state index contributed by atoms with van der Waals surface area (Å²) in [6.07, 6.45) is 3.15. The fourth-order valence-corrected chi connectivity index (χ4v) is 3.13. The SMILES string of the molecule is O=C(c1ccc(F)cc1F)N1CCN(c2cc(Nc3ccccn3)ncn2)CC1. The summed E-state index contributed by atoms with van der Waals surface area (Å²) in [4.78, 5) is 28.8. The average Bonchev–Trinajstić information content (AvgIpc) is 2.74. The summed E-state index contributed by atoms with van der Waals surface area (Å²) in [5, 5.41) is 3.12. The Bertz CT molecular complexity index is 1010. The van der Waals surface area contributed by atoms with Crippen LogP contribution in [0.2, 0.25) is 0 Å². The molecule has 1 aromatic carbocycles. The van der Waals surface area contributed by atoms with Crippen LogP contribution in [0.15, 0.2) is 55.0 Å². The molecule has 1 aliphatic heterocycles. The van der Waals surface area contributed by atoms with Crippen molar-refractivity contribution in [3.63, 3.8) is 0 Å². The monoisotopic (exact) mass is 396 g/mol. The molecule has 9 heteroatoms. The minimum absolute atomic E-state index is 0.122. The number of benzene rings is 1. The number of carbonyl (C=O) groups excluding carboxylic acids is 1. The average molecular weight is 396 g/mol. The predicted molar refractivity (Wildman–Crippen MR) is 104 cm³/mol. The van der Waals surface area contributed by atoms with Crippen LogP contribution in [-0.2, 0) is 0 Å². The number of carbonyl (C=O) groups is 1. The predicted octanol–water partition coefficient (Wildman–Crippen LogP) is 2.86. The summed E-state index contributed by atoms with van der Waals surface area (Å²) >= 11 is 0. The zero-order valence-electron chi connectivity index (χ0n) is 15.4. The van der Waals surface area contributed by atoms with Crippen LogP contribution in [0.5, 0.6) is 0 Å². The third-order valence-electron chi connectivity index (χ3n) is 4.63. The normalized spacial score (nSPS) is 14.0. The van der Waals surface area contributed by atoms with Gasteiger partial charge in [0.2, 0.25) is 0 Å². The maximum absolute atomic E-state index is 13.9. The number of amides is 1. The van der Waals surface area contributed by atoms with Crippen LogP contribution < -0.4 is 10.2 Å². The van der Waals surface area contributed by atoms with E-state index < -0.39 is 17.5 Å². The van der Waals surface area contributed by atoms with Crippen LogP contribution >= 0.6 is 0 Å². The van der Waals surface area contributed by atoms with E-state index in [2.05, 4.69) is 20.3 Å². The highest BCUT2D eigenvalue weighted by Crippen LogP contribution is 2.20. The zero-order chi connectivity index (χ0) is 20.2. The molecule has 0 radical (unpaired) electrons. The van der Waals surface area contributed by atoms with Crippen LogP contribution in [0.1, 0.15) is 10.4 Å². The first kappa shape index (κ1) is 18.7. The fourth-order valence-electron chi connectivity index (χ4n) is 3.13. The fraction of sp³-hybridized carbons (Fsp3) is 0.200. The topological polar surface area (TPSA) is 74.2 Å². The quantitative estimate of drug-likeness (QED) is 0.731. The van der Waals surface area contributed by atoms with E-state index in [4.69, 9.17) is 0 Å². The van der Waals surface area contributed by atoms with E-state index in [1.807, 2.05) is 29.2 Å². The summed E-state index contributed by atoms with van der Waals surface area (Å²) in [5.74, 6) is 0.0107. The first-order valence-electron chi connectivity index (χ1n) is 9.09. The van der Waals surface area contributed by atoms with Crippen molar-refractivity contribution in [2.24, 2.45) is 0 Å². The minimum atomic E-state index is -0.849. The minimum Gasteiger partial charge on any atom is -0.353 e. The number of anilines is 3. The zero-order valence-corrected chi connectivity index (χ0v) is 15.4. The molecule has 7 nitrogen and oxygen atoms in total. The van der Waals surface area contributed by atoms with E-state index in [1.165, 1.54) is 12.4 Å². The van der Waals surface area contributed by atoms with Crippen molar-refractivity contribution in [2.45, 2.75) is 0 Å². The van der Waals surface area contributed by atoms with E-state index >= 15 is 0 Å². The van der Waals surface area contributed by atoms with E-state index in [0.29, 0.717) is 37.8 Å². The van der Waals surface area contributed by atoms with Crippen LogP contribution in [0.3, 0.4) is 0 Å². The van der Waals surface area contributed by atoms with Gasteiger partial charge in [-0.05, 0) is 24.3 Å². The summed E-state index contributed by atoms with van der Waals surface area (Å²) < 4.78 is 27.0. The first-order chi connectivity index (χ1) is 14.1. The molecule has 0 bridgehead atoms. The Balaban J connectivity index is 1.40. The number of halogens is 2. The van der Waals surface area contributed by atoms with Gasteiger partial charge in [0.05, 0.1) is 5.56 Å². The van der Waals surface area contributed by atoms with E-state index in [-0.39, 0.29) is 5.56 Å². The Morgan fingerprint density at radius 3 is 2.48 bits per heavy atom. The lowest BCUT2D eigenvalue weighted by atomic mass is 10.1. The smallest absolute Gasteiger partial charge is 0.256 e. The highest BCUT2D eigenvalue weighted by molar-refractivity contribution is 5.94. The summed E-state index contributed by atoms with van der Waals surface area (Å²) in [7, 11) is 0. The Hall–Kier alpha value is -3.62. The molecule has 4 rings (SSSR count). The Kier molecular flexibility index (Phi) is 5.28.